The van der Waals surface area contributed by atoms with E-state index in [9.17, 15) is 0 Å². The average molecular weight is 328 g/mol. The maximum Gasteiger partial charge on any atom is 0.100 e. The molecule has 0 rings (SSSR count). The Balaban J connectivity index is -0.000000261. The first-order valence-electron chi connectivity index (χ1n) is 7.71. The van der Waals surface area contributed by atoms with Crippen molar-refractivity contribution in [3.8, 4) is 0 Å². The van der Waals surface area contributed by atoms with Gasteiger partial charge in [0.15, 0.2) is 0 Å². The SMILES string of the molecule is CCN(CC)N(CC)CC.OCC(O)CO.OCC(O)CO. The minimum atomic E-state index is -0.954. The van der Waals surface area contributed by atoms with Gasteiger partial charge < -0.3 is 30.6 Å². The zero-order chi connectivity index (χ0) is 18.0. The zero-order valence-corrected chi connectivity index (χ0v) is 14.4. The van der Waals surface area contributed by atoms with Crippen molar-refractivity contribution in [1.82, 2.24) is 10.0 Å². The molecule has 0 aliphatic carbocycles. The van der Waals surface area contributed by atoms with Crippen molar-refractivity contribution in [2.45, 2.75) is 39.9 Å². The predicted octanol–water partition coefficient (Wildman–Crippen LogP) is -1.75. The minimum absolute atomic E-state index is 0.365. The molecule has 0 fully saturated rings. The molecule has 0 aromatic heterocycles. The Kier molecular flexibility index (Phi) is 25.0. The molecule has 0 heterocycles. The van der Waals surface area contributed by atoms with Crippen LogP contribution < -0.4 is 0 Å². The van der Waals surface area contributed by atoms with E-state index in [1.807, 2.05) is 0 Å². The summed E-state index contributed by atoms with van der Waals surface area (Å²) >= 11 is 0. The molecule has 0 bridgehead atoms. The highest BCUT2D eigenvalue weighted by molar-refractivity contribution is 4.49. The second kappa shape index (κ2) is 20.7. The molecule has 138 valence electrons. The highest BCUT2D eigenvalue weighted by atomic mass is 16.3. The topological polar surface area (TPSA) is 128 Å². The molecular formula is C14H36N2O6. The van der Waals surface area contributed by atoms with E-state index >= 15 is 0 Å². The molecule has 0 amide bonds. The highest BCUT2D eigenvalue weighted by Crippen LogP contribution is 1.95. The van der Waals surface area contributed by atoms with E-state index in [0.717, 1.165) is 26.2 Å². The lowest BCUT2D eigenvalue weighted by Crippen LogP contribution is -2.42. The summed E-state index contributed by atoms with van der Waals surface area (Å²) in [5, 5.41) is 52.8. The van der Waals surface area contributed by atoms with Crippen molar-refractivity contribution < 1.29 is 30.6 Å². The van der Waals surface area contributed by atoms with Crippen molar-refractivity contribution in [3.05, 3.63) is 0 Å². The van der Waals surface area contributed by atoms with E-state index in [1.165, 1.54) is 0 Å². The first kappa shape index (κ1) is 26.6. The fourth-order valence-corrected chi connectivity index (χ4v) is 1.36. The monoisotopic (exact) mass is 328 g/mol. The maximum absolute atomic E-state index is 8.17. The van der Waals surface area contributed by atoms with Crippen LogP contribution in [0.1, 0.15) is 27.7 Å². The number of nitrogens with zero attached hydrogens (tertiary/aromatic N) is 2. The first-order valence-corrected chi connectivity index (χ1v) is 7.71. The van der Waals surface area contributed by atoms with Gasteiger partial charge in [0.1, 0.15) is 12.2 Å². The van der Waals surface area contributed by atoms with Gasteiger partial charge in [-0.2, -0.15) is 0 Å². The van der Waals surface area contributed by atoms with Gasteiger partial charge in [-0.05, 0) is 0 Å². The molecule has 6 N–H and O–H groups in total. The number of hydrogen-bond acceptors (Lipinski definition) is 8. The second-order valence-electron chi connectivity index (χ2n) is 4.32. The number of hydrazine groups is 1. The minimum Gasteiger partial charge on any atom is -0.394 e. The number of rotatable bonds is 9. The van der Waals surface area contributed by atoms with Gasteiger partial charge in [-0.25, -0.2) is 10.0 Å². The van der Waals surface area contributed by atoms with Gasteiger partial charge in [0.05, 0.1) is 26.4 Å². The molecule has 0 aliphatic heterocycles. The summed E-state index contributed by atoms with van der Waals surface area (Å²) in [4.78, 5) is 0. The molecule has 0 radical (unpaired) electrons. The van der Waals surface area contributed by atoms with Crippen LogP contribution in [-0.4, -0.2) is 105 Å². The number of aliphatic hydroxyl groups is 6. The quantitative estimate of drug-likeness (QED) is 0.275. The van der Waals surface area contributed by atoms with Crippen molar-refractivity contribution in [2.24, 2.45) is 0 Å². The molecule has 0 aliphatic rings. The van der Waals surface area contributed by atoms with Crippen molar-refractivity contribution in [3.63, 3.8) is 0 Å². The Morgan fingerprint density at radius 3 is 0.773 bits per heavy atom. The van der Waals surface area contributed by atoms with Crippen molar-refractivity contribution in [2.75, 3.05) is 52.6 Å². The van der Waals surface area contributed by atoms with Crippen LogP contribution in [0.3, 0.4) is 0 Å². The number of aliphatic hydroxyl groups excluding tert-OH is 6. The lowest BCUT2D eigenvalue weighted by Gasteiger charge is -2.31. The predicted molar refractivity (Wildman–Crippen MR) is 86.2 cm³/mol. The molecule has 0 spiro atoms. The lowest BCUT2D eigenvalue weighted by atomic mass is 10.4. The summed E-state index contributed by atoms with van der Waals surface area (Å²) in [6, 6.07) is 0. The molecule has 0 atom stereocenters. The molecular weight excluding hydrogens is 292 g/mol. The van der Waals surface area contributed by atoms with E-state index in [4.69, 9.17) is 30.6 Å². The van der Waals surface area contributed by atoms with Gasteiger partial charge in [-0.1, -0.05) is 27.7 Å². The van der Waals surface area contributed by atoms with E-state index < -0.39 is 12.2 Å². The Labute approximate surface area is 134 Å². The summed E-state index contributed by atoms with van der Waals surface area (Å²) < 4.78 is 0. The molecule has 8 heteroatoms. The largest absolute Gasteiger partial charge is 0.394 e. The Morgan fingerprint density at radius 1 is 0.545 bits per heavy atom. The standard InChI is InChI=1S/C8H20N2.2C3H8O3/c1-5-9(6-2)10(7-3)8-4;2*4-1-3(6)2-5/h5-8H2,1-4H3;2*3-6H,1-2H2. The Hall–Kier alpha value is -0.320. The van der Waals surface area contributed by atoms with Gasteiger partial charge in [-0.3, -0.25) is 0 Å². The summed E-state index contributed by atoms with van der Waals surface area (Å²) in [5.74, 6) is 0. The van der Waals surface area contributed by atoms with Crippen LogP contribution in [-0.2, 0) is 0 Å². The van der Waals surface area contributed by atoms with Gasteiger partial charge in [-0.15, -0.1) is 0 Å². The Bertz CT molecular complexity index is 164. The second-order valence-corrected chi connectivity index (χ2v) is 4.32. The first-order chi connectivity index (χ1) is 10.4. The molecule has 8 nitrogen and oxygen atoms in total. The maximum atomic E-state index is 8.17. The fraction of sp³-hybridized carbons (Fsp3) is 1.00. The van der Waals surface area contributed by atoms with Crippen LogP contribution in [0.4, 0.5) is 0 Å². The van der Waals surface area contributed by atoms with Crippen LogP contribution in [0, 0.1) is 0 Å². The summed E-state index contributed by atoms with van der Waals surface area (Å²) in [7, 11) is 0. The summed E-state index contributed by atoms with van der Waals surface area (Å²) in [6.07, 6.45) is -1.91. The third-order valence-corrected chi connectivity index (χ3v) is 2.70. The molecule has 0 unspecified atom stereocenters. The van der Waals surface area contributed by atoms with E-state index in [-0.39, 0.29) is 26.4 Å². The lowest BCUT2D eigenvalue weighted by molar-refractivity contribution is -0.00652. The normalized spacial score (nSPS) is 10.6. The summed E-state index contributed by atoms with van der Waals surface area (Å²) in [6.45, 7) is 11.8. The molecule has 0 saturated heterocycles. The molecule has 0 aromatic carbocycles. The zero-order valence-electron chi connectivity index (χ0n) is 14.4. The third-order valence-electron chi connectivity index (χ3n) is 2.70. The number of hydrogen-bond donors (Lipinski definition) is 6. The molecule has 0 saturated carbocycles. The van der Waals surface area contributed by atoms with Gasteiger partial charge in [0.2, 0.25) is 0 Å². The average Bonchev–Trinajstić information content (AvgIpc) is 2.58. The third kappa shape index (κ3) is 17.7. The van der Waals surface area contributed by atoms with Crippen LogP contribution >= 0.6 is 0 Å². The van der Waals surface area contributed by atoms with Crippen LogP contribution in [0.25, 0.3) is 0 Å². The fourth-order valence-electron chi connectivity index (χ4n) is 1.36. The molecule has 0 aromatic rings. The Morgan fingerprint density at radius 2 is 0.727 bits per heavy atom. The highest BCUT2D eigenvalue weighted by Gasteiger charge is 2.05. The van der Waals surface area contributed by atoms with Crippen molar-refractivity contribution >= 4 is 0 Å². The van der Waals surface area contributed by atoms with E-state index in [1.54, 1.807) is 0 Å². The van der Waals surface area contributed by atoms with E-state index in [0.29, 0.717) is 0 Å². The van der Waals surface area contributed by atoms with Gasteiger partial charge in [0.25, 0.3) is 0 Å². The van der Waals surface area contributed by atoms with Crippen LogP contribution in [0.15, 0.2) is 0 Å². The van der Waals surface area contributed by atoms with Crippen LogP contribution in [0.2, 0.25) is 0 Å². The van der Waals surface area contributed by atoms with Crippen LogP contribution in [0.5, 0.6) is 0 Å². The van der Waals surface area contributed by atoms with Crippen molar-refractivity contribution in [1.29, 1.82) is 0 Å². The van der Waals surface area contributed by atoms with Gasteiger partial charge >= 0.3 is 0 Å². The smallest absolute Gasteiger partial charge is 0.100 e. The molecule has 22 heavy (non-hydrogen) atoms. The summed E-state index contributed by atoms with van der Waals surface area (Å²) in [5.41, 5.74) is 0. The van der Waals surface area contributed by atoms with E-state index in [2.05, 4.69) is 37.7 Å². The van der Waals surface area contributed by atoms with Gasteiger partial charge in [0, 0.05) is 26.2 Å².